The van der Waals surface area contributed by atoms with Crippen molar-refractivity contribution < 1.29 is 9.90 Å². The largest absolute Gasteiger partial charge is 0.387 e. The molecule has 0 aliphatic heterocycles. The van der Waals surface area contributed by atoms with Gasteiger partial charge in [-0.25, -0.2) is 0 Å². The number of nitrogens with one attached hydrogen (secondary N) is 1. The van der Waals surface area contributed by atoms with E-state index in [9.17, 15) is 4.79 Å². The molecule has 0 aromatic rings. The molecule has 1 amide bonds. The Morgan fingerprint density at radius 2 is 2.44 bits per heavy atom. The number of rotatable bonds is 3. The fraction of sp³-hybridized carbons (Fsp3) is 0.400. The summed E-state index contributed by atoms with van der Waals surface area (Å²) in [7, 11) is 4.96. The molecule has 0 spiro atoms. The van der Waals surface area contributed by atoms with Gasteiger partial charge in [0.1, 0.15) is 14.5 Å². The highest BCUT2D eigenvalue weighted by Crippen LogP contribution is 1.64. The number of carbonyl (C=O) groups excluding carboxylic acids is 1. The second kappa shape index (κ2) is 5.37. The van der Waals surface area contributed by atoms with Crippen molar-refractivity contribution in [1.29, 1.82) is 0 Å². The lowest BCUT2D eigenvalue weighted by molar-refractivity contribution is -0.123. The van der Waals surface area contributed by atoms with Crippen molar-refractivity contribution in [3.63, 3.8) is 0 Å². The van der Waals surface area contributed by atoms with Gasteiger partial charge in [0.2, 0.25) is 5.91 Å². The summed E-state index contributed by atoms with van der Waals surface area (Å²) in [6.45, 7) is -0.103. The van der Waals surface area contributed by atoms with Crippen LogP contribution in [-0.2, 0) is 4.79 Å². The molecule has 3 nitrogen and oxygen atoms in total. The van der Waals surface area contributed by atoms with Gasteiger partial charge in [-0.05, 0) is 0 Å². The molecule has 0 aromatic heterocycles. The fourth-order valence-corrected chi connectivity index (χ4v) is 0.297. The summed E-state index contributed by atoms with van der Waals surface area (Å²) in [6.07, 6.45) is 1.58. The van der Waals surface area contributed by atoms with Gasteiger partial charge in [0.05, 0.1) is 0 Å². The quantitative estimate of drug-likeness (QED) is 0.464. The minimum Gasteiger partial charge on any atom is -0.387 e. The number of aliphatic hydroxyl groups is 1. The molecule has 0 aliphatic carbocycles. The lowest BCUT2D eigenvalue weighted by Gasteiger charge is -1.95. The highest BCUT2D eigenvalue weighted by Gasteiger charge is 1.91. The fourth-order valence-electron chi connectivity index (χ4n) is 0.297. The Labute approximate surface area is 55.2 Å². The van der Waals surface area contributed by atoms with E-state index in [1.54, 1.807) is 6.08 Å². The van der Waals surface area contributed by atoms with Crippen molar-refractivity contribution in [3.8, 4) is 0 Å². The molecule has 0 aliphatic rings. The third-order valence-corrected chi connectivity index (χ3v) is 0.697. The normalized spacial score (nSPS) is 9.89. The van der Waals surface area contributed by atoms with Gasteiger partial charge in [0, 0.05) is 6.54 Å². The average Bonchev–Trinajstić information content (AvgIpc) is 1.89. The average molecular weight is 125 g/mol. The van der Waals surface area contributed by atoms with E-state index in [0.29, 0.717) is 6.54 Å². The summed E-state index contributed by atoms with van der Waals surface area (Å²) >= 11 is 0. The summed E-state index contributed by atoms with van der Waals surface area (Å²) in [5.41, 5.74) is 0. The van der Waals surface area contributed by atoms with E-state index in [-0.39, 0.29) is 0 Å². The number of hydrogen-bond acceptors (Lipinski definition) is 2. The van der Waals surface area contributed by atoms with Crippen molar-refractivity contribution in [2.75, 3.05) is 13.2 Å². The van der Waals surface area contributed by atoms with E-state index in [1.165, 1.54) is 5.98 Å². The molecular formula is C5H8BNO2. The second-order valence-electron chi connectivity index (χ2n) is 1.39. The van der Waals surface area contributed by atoms with Crippen LogP contribution in [0.25, 0.3) is 0 Å². The molecule has 0 saturated heterocycles. The van der Waals surface area contributed by atoms with Gasteiger partial charge >= 0.3 is 0 Å². The zero-order valence-corrected chi connectivity index (χ0v) is 5.00. The van der Waals surface area contributed by atoms with Crippen LogP contribution in [0.4, 0.5) is 0 Å². The van der Waals surface area contributed by atoms with E-state index in [0.717, 1.165) is 0 Å². The Hall–Kier alpha value is -0.765. The minimum atomic E-state index is -0.474. The van der Waals surface area contributed by atoms with Crippen molar-refractivity contribution in [1.82, 2.24) is 5.32 Å². The molecule has 0 atom stereocenters. The molecular weight excluding hydrogens is 117 g/mol. The zero-order chi connectivity index (χ0) is 7.11. The smallest absolute Gasteiger partial charge is 0.245 e. The van der Waals surface area contributed by atoms with Crippen LogP contribution in [0.3, 0.4) is 0 Å². The lowest BCUT2D eigenvalue weighted by Crippen LogP contribution is -2.25. The van der Waals surface area contributed by atoms with Crippen molar-refractivity contribution in [2.24, 2.45) is 0 Å². The second-order valence-corrected chi connectivity index (χ2v) is 1.39. The number of hydrogen-bond donors (Lipinski definition) is 2. The molecule has 9 heavy (non-hydrogen) atoms. The molecule has 2 radical (unpaired) electrons. The monoisotopic (exact) mass is 125 g/mol. The molecule has 0 rings (SSSR count). The Bertz CT molecular complexity index is 114. The van der Waals surface area contributed by atoms with Gasteiger partial charge in [-0.15, -0.1) is 5.98 Å². The van der Waals surface area contributed by atoms with Crippen LogP contribution in [0.15, 0.2) is 12.1 Å². The first-order valence-electron chi connectivity index (χ1n) is 2.55. The van der Waals surface area contributed by atoms with E-state index in [2.05, 4.69) is 5.32 Å². The Morgan fingerprint density at radius 3 is 2.89 bits per heavy atom. The van der Waals surface area contributed by atoms with Crippen LogP contribution in [0.5, 0.6) is 0 Å². The van der Waals surface area contributed by atoms with Crippen molar-refractivity contribution in [2.45, 2.75) is 0 Å². The third kappa shape index (κ3) is 5.10. The van der Waals surface area contributed by atoms with E-state index in [1.807, 2.05) is 0 Å². The SMILES string of the molecule is [B]/C=C/CNC(=O)CO. The van der Waals surface area contributed by atoms with Crippen molar-refractivity contribution >= 4 is 13.8 Å². The van der Waals surface area contributed by atoms with Gasteiger partial charge in [-0.1, -0.05) is 6.08 Å². The van der Waals surface area contributed by atoms with Crippen molar-refractivity contribution in [3.05, 3.63) is 12.1 Å². The summed E-state index contributed by atoms with van der Waals surface area (Å²) in [5, 5.41) is 10.5. The topological polar surface area (TPSA) is 49.3 Å². The van der Waals surface area contributed by atoms with Gasteiger partial charge in [-0.3, -0.25) is 4.79 Å². The molecule has 0 bridgehead atoms. The molecule has 0 fully saturated rings. The predicted molar refractivity (Wildman–Crippen MR) is 35.0 cm³/mol. The van der Waals surface area contributed by atoms with Gasteiger partial charge in [0.15, 0.2) is 0 Å². The molecule has 0 heterocycles. The van der Waals surface area contributed by atoms with E-state index >= 15 is 0 Å². The van der Waals surface area contributed by atoms with Gasteiger partial charge < -0.3 is 10.4 Å². The summed E-state index contributed by atoms with van der Waals surface area (Å²) in [4.78, 5) is 10.3. The minimum absolute atomic E-state index is 0.371. The van der Waals surface area contributed by atoms with Gasteiger partial charge in [-0.2, -0.15) is 0 Å². The van der Waals surface area contributed by atoms with Crippen LogP contribution in [0, 0.1) is 0 Å². The summed E-state index contributed by atoms with van der Waals surface area (Å²) in [6, 6.07) is 0. The molecule has 48 valence electrons. The number of aliphatic hydroxyl groups excluding tert-OH is 1. The Kier molecular flexibility index (Phi) is 4.92. The first-order valence-corrected chi connectivity index (χ1v) is 2.55. The lowest BCUT2D eigenvalue weighted by atomic mass is 10.1. The predicted octanol–water partition coefficient (Wildman–Crippen LogP) is -1.22. The molecule has 0 saturated carbocycles. The van der Waals surface area contributed by atoms with Crippen LogP contribution in [0.1, 0.15) is 0 Å². The standard InChI is InChI=1S/C5H8BNO2/c6-2-1-3-7-5(9)4-8/h1-2,8H,3-4H2,(H,7,9)/b2-1+. The van der Waals surface area contributed by atoms with Gasteiger partial charge in [0.25, 0.3) is 0 Å². The van der Waals surface area contributed by atoms with Crippen LogP contribution < -0.4 is 5.32 Å². The summed E-state index contributed by atoms with van der Waals surface area (Å²) in [5.74, 6) is 0.936. The zero-order valence-electron chi connectivity index (χ0n) is 5.00. The first kappa shape index (κ1) is 8.23. The third-order valence-electron chi connectivity index (χ3n) is 0.697. The summed E-state index contributed by atoms with van der Waals surface area (Å²) < 4.78 is 0. The van der Waals surface area contributed by atoms with Crippen LogP contribution in [0.2, 0.25) is 0 Å². The highest BCUT2D eigenvalue weighted by molar-refractivity contribution is 6.16. The Morgan fingerprint density at radius 1 is 1.78 bits per heavy atom. The van der Waals surface area contributed by atoms with E-state index in [4.69, 9.17) is 13.0 Å². The van der Waals surface area contributed by atoms with Crippen LogP contribution >= 0.6 is 0 Å². The molecule has 0 aromatic carbocycles. The highest BCUT2D eigenvalue weighted by atomic mass is 16.3. The number of amides is 1. The maximum Gasteiger partial charge on any atom is 0.245 e. The number of carbonyl (C=O) groups is 1. The first-order chi connectivity index (χ1) is 4.31. The van der Waals surface area contributed by atoms with E-state index < -0.39 is 12.5 Å². The molecule has 4 heteroatoms. The maximum absolute atomic E-state index is 10.3. The maximum atomic E-state index is 10.3. The molecule has 2 N–H and O–H groups in total. The van der Waals surface area contributed by atoms with Crippen LogP contribution in [-0.4, -0.2) is 32.0 Å². The molecule has 0 unspecified atom stereocenters. The Balaban J connectivity index is 3.17.